The Labute approximate surface area is 67.8 Å². The normalized spacial score (nSPS) is 10.0. The van der Waals surface area contributed by atoms with Crippen molar-refractivity contribution in [3.8, 4) is 0 Å². The van der Waals surface area contributed by atoms with Gasteiger partial charge in [0.15, 0.2) is 5.69 Å². The lowest BCUT2D eigenvalue weighted by Gasteiger charge is -1.89. The number of hydrogen-bond acceptors (Lipinski definition) is 3. The first-order valence-electron chi connectivity index (χ1n) is 2.91. The molecule has 0 aliphatic heterocycles. The van der Waals surface area contributed by atoms with Gasteiger partial charge in [0.25, 0.3) is 0 Å². The van der Waals surface area contributed by atoms with E-state index in [0.717, 1.165) is 0 Å². The number of aryl methyl sites for hydroxylation is 1. The zero-order valence-corrected chi connectivity index (χ0v) is 6.55. The maximum absolute atomic E-state index is 10.4. The zero-order valence-electron chi connectivity index (χ0n) is 5.80. The predicted molar refractivity (Wildman–Crippen MR) is 37.8 cm³/mol. The minimum absolute atomic E-state index is 0.0995. The van der Waals surface area contributed by atoms with E-state index >= 15 is 0 Å². The van der Waals surface area contributed by atoms with E-state index in [1.54, 1.807) is 6.92 Å². The summed E-state index contributed by atoms with van der Waals surface area (Å²) < 4.78 is 4.63. The van der Waals surface area contributed by atoms with Gasteiger partial charge in [-0.05, 0) is 6.92 Å². The van der Waals surface area contributed by atoms with Gasteiger partial charge in [0.05, 0.1) is 5.88 Å². The van der Waals surface area contributed by atoms with Crippen molar-refractivity contribution in [1.29, 1.82) is 0 Å². The summed E-state index contributed by atoms with van der Waals surface area (Å²) in [6, 6.07) is 0. The Hall–Kier alpha value is -1.03. The zero-order chi connectivity index (χ0) is 8.43. The lowest BCUT2D eigenvalue weighted by atomic mass is 10.2. The topological polar surface area (TPSA) is 63.3 Å². The van der Waals surface area contributed by atoms with Gasteiger partial charge in [-0.15, -0.1) is 11.6 Å². The van der Waals surface area contributed by atoms with Crippen molar-refractivity contribution in [2.45, 2.75) is 12.8 Å². The van der Waals surface area contributed by atoms with Crippen molar-refractivity contribution >= 4 is 17.6 Å². The fourth-order valence-electron chi connectivity index (χ4n) is 0.717. The molecule has 0 aliphatic carbocycles. The number of aromatic nitrogens is 1. The van der Waals surface area contributed by atoms with E-state index in [1.807, 2.05) is 0 Å². The molecule has 0 aliphatic rings. The molecular formula is C6H6ClNO3. The highest BCUT2D eigenvalue weighted by Gasteiger charge is 2.17. The Morgan fingerprint density at radius 2 is 2.45 bits per heavy atom. The summed E-state index contributed by atoms with van der Waals surface area (Å²) in [5.41, 5.74) is 0.344. The molecule has 0 saturated carbocycles. The smallest absolute Gasteiger partial charge is 0.358 e. The van der Waals surface area contributed by atoms with E-state index in [-0.39, 0.29) is 11.6 Å². The molecule has 1 rings (SSSR count). The van der Waals surface area contributed by atoms with Crippen molar-refractivity contribution < 1.29 is 14.4 Å². The fraction of sp³-hybridized carbons (Fsp3) is 0.333. The molecule has 0 amide bonds. The van der Waals surface area contributed by atoms with Crippen LogP contribution in [0.3, 0.4) is 0 Å². The average Bonchev–Trinajstić information content (AvgIpc) is 2.30. The number of carboxylic acids is 1. The van der Waals surface area contributed by atoms with Crippen LogP contribution in [0.5, 0.6) is 0 Å². The molecule has 0 bridgehead atoms. The summed E-state index contributed by atoms with van der Waals surface area (Å²) in [5.74, 6) is -0.549. The number of halogens is 1. The van der Waals surface area contributed by atoms with Gasteiger partial charge in [-0.3, -0.25) is 0 Å². The quantitative estimate of drug-likeness (QED) is 0.691. The highest BCUT2D eigenvalue weighted by molar-refractivity contribution is 6.17. The summed E-state index contributed by atoms with van der Waals surface area (Å²) in [6.07, 6.45) is 0. The standard InChI is InChI=1S/C6H6ClNO3/c1-3-4(2-7)5(6(9)10)8-11-3/h2H2,1H3,(H,9,10). The maximum Gasteiger partial charge on any atom is 0.358 e. The molecule has 4 nitrogen and oxygen atoms in total. The number of hydrogen-bond donors (Lipinski definition) is 1. The van der Waals surface area contributed by atoms with Crippen LogP contribution in [0.25, 0.3) is 0 Å². The summed E-state index contributed by atoms with van der Waals surface area (Å²) in [7, 11) is 0. The highest BCUT2D eigenvalue weighted by Crippen LogP contribution is 2.15. The minimum atomic E-state index is -1.11. The highest BCUT2D eigenvalue weighted by atomic mass is 35.5. The molecule has 1 aromatic heterocycles. The van der Waals surface area contributed by atoms with Crippen LogP contribution >= 0.6 is 11.6 Å². The molecule has 0 fully saturated rings. The van der Waals surface area contributed by atoms with Crippen LogP contribution in [0.4, 0.5) is 0 Å². The SMILES string of the molecule is Cc1onc(C(=O)O)c1CCl. The largest absolute Gasteiger partial charge is 0.476 e. The minimum Gasteiger partial charge on any atom is -0.476 e. The van der Waals surface area contributed by atoms with E-state index < -0.39 is 5.97 Å². The van der Waals surface area contributed by atoms with Crippen molar-refractivity contribution in [1.82, 2.24) is 5.16 Å². The molecule has 0 saturated heterocycles. The third-order valence-electron chi connectivity index (χ3n) is 1.32. The molecule has 0 spiro atoms. The molecule has 1 N–H and O–H groups in total. The Balaban J connectivity index is 3.15. The van der Waals surface area contributed by atoms with Crippen LogP contribution in [-0.2, 0) is 5.88 Å². The molecule has 0 atom stereocenters. The number of aromatic carboxylic acids is 1. The van der Waals surface area contributed by atoms with Gasteiger partial charge in [0.2, 0.25) is 0 Å². The Kier molecular flexibility index (Phi) is 2.14. The molecule has 5 heteroatoms. The van der Waals surface area contributed by atoms with Crippen molar-refractivity contribution in [2.75, 3.05) is 0 Å². The number of alkyl halides is 1. The molecule has 1 aromatic rings. The summed E-state index contributed by atoms with van der Waals surface area (Å²) in [5, 5.41) is 11.9. The Morgan fingerprint density at radius 3 is 2.82 bits per heavy atom. The van der Waals surface area contributed by atoms with Gasteiger partial charge in [0, 0.05) is 5.56 Å². The molecular weight excluding hydrogens is 170 g/mol. The van der Waals surface area contributed by atoms with Crippen LogP contribution in [0.15, 0.2) is 4.52 Å². The second-order valence-electron chi connectivity index (χ2n) is 2.00. The molecule has 0 aromatic carbocycles. The van der Waals surface area contributed by atoms with Gasteiger partial charge in [-0.1, -0.05) is 5.16 Å². The van der Waals surface area contributed by atoms with E-state index in [0.29, 0.717) is 11.3 Å². The molecule has 60 valence electrons. The predicted octanol–water partition coefficient (Wildman–Crippen LogP) is 1.42. The van der Waals surface area contributed by atoms with Crippen molar-refractivity contribution in [3.05, 3.63) is 17.0 Å². The number of carboxylic acid groups (broad SMARTS) is 1. The van der Waals surface area contributed by atoms with Crippen molar-refractivity contribution in [3.63, 3.8) is 0 Å². The lowest BCUT2D eigenvalue weighted by molar-refractivity contribution is 0.0685. The molecule has 0 unspecified atom stereocenters. The maximum atomic E-state index is 10.4. The van der Waals surface area contributed by atoms with Crippen LogP contribution in [0.2, 0.25) is 0 Å². The fourth-order valence-corrected chi connectivity index (χ4v) is 1.03. The van der Waals surface area contributed by atoms with Gasteiger partial charge < -0.3 is 9.63 Å². The van der Waals surface area contributed by atoms with Gasteiger partial charge in [-0.25, -0.2) is 4.79 Å². The Morgan fingerprint density at radius 1 is 1.82 bits per heavy atom. The average molecular weight is 176 g/mol. The summed E-state index contributed by atoms with van der Waals surface area (Å²) >= 11 is 5.46. The van der Waals surface area contributed by atoms with Gasteiger partial charge in [-0.2, -0.15) is 0 Å². The van der Waals surface area contributed by atoms with Crippen LogP contribution in [0.1, 0.15) is 21.8 Å². The van der Waals surface area contributed by atoms with Crippen LogP contribution < -0.4 is 0 Å². The first kappa shape index (κ1) is 8.07. The second kappa shape index (κ2) is 2.92. The summed E-state index contributed by atoms with van der Waals surface area (Å²) in [4.78, 5) is 10.4. The Bertz CT molecular complexity index is 281. The monoisotopic (exact) mass is 175 g/mol. The number of nitrogens with zero attached hydrogens (tertiary/aromatic N) is 1. The van der Waals surface area contributed by atoms with Crippen molar-refractivity contribution in [2.24, 2.45) is 0 Å². The molecule has 1 heterocycles. The molecule has 0 radical (unpaired) electrons. The van der Waals surface area contributed by atoms with Gasteiger partial charge in [0.1, 0.15) is 5.76 Å². The van der Waals surface area contributed by atoms with E-state index in [1.165, 1.54) is 0 Å². The second-order valence-corrected chi connectivity index (χ2v) is 2.27. The third-order valence-corrected chi connectivity index (χ3v) is 1.59. The van der Waals surface area contributed by atoms with E-state index in [9.17, 15) is 4.79 Å². The third kappa shape index (κ3) is 1.35. The number of rotatable bonds is 2. The van der Waals surface area contributed by atoms with E-state index in [4.69, 9.17) is 16.7 Å². The number of carbonyl (C=O) groups is 1. The van der Waals surface area contributed by atoms with Gasteiger partial charge >= 0.3 is 5.97 Å². The summed E-state index contributed by atoms with van der Waals surface area (Å²) in [6.45, 7) is 1.62. The first-order valence-corrected chi connectivity index (χ1v) is 3.44. The molecule has 11 heavy (non-hydrogen) atoms. The van der Waals surface area contributed by atoms with Crippen LogP contribution in [0, 0.1) is 6.92 Å². The first-order chi connectivity index (χ1) is 5.16. The van der Waals surface area contributed by atoms with Crippen LogP contribution in [-0.4, -0.2) is 16.2 Å². The van der Waals surface area contributed by atoms with E-state index in [2.05, 4.69) is 9.68 Å². The lowest BCUT2D eigenvalue weighted by Crippen LogP contribution is -2.00.